The Kier molecular flexibility index (Phi) is 5.30. The van der Waals surface area contributed by atoms with Crippen molar-refractivity contribution in [3.63, 3.8) is 0 Å². The van der Waals surface area contributed by atoms with Crippen molar-refractivity contribution in [2.24, 2.45) is 22.7 Å². The second-order valence-electron chi connectivity index (χ2n) is 6.41. The van der Waals surface area contributed by atoms with Crippen molar-refractivity contribution in [3.05, 3.63) is 34.6 Å². The fourth-order valence-electron chi connectivity index (χ4n) is 3.31. The number of hydrazone groups is 1. The first kappa shape index (κ1) is 17.6. The predicted octanol–water partition coefficient (Wildman–Crippen LogP) is 1.40. The SMILES string of the molecule is N/C(=N/[N+](=O)[O-])NC[C@H]1CC[C@H](C(=O)Nc2ccnc3[nH]ccc23)CC1. The second kappa shape index (κ2) is 7.81. The number of nitro groups is 1. The molecule has 1 fully saturated rings. The summed E-state index contributed by atoms with van der Waals surface area (Å²) in [6, 6.07) is 3.68. The summed E-state index contributed by atoms with van der Waals surface area (Å²) < 4.78 is 0. The molecule has 0 saturated heterocycles. The molecule has 1 saturated carbocycles. The van der Waals surface area contributed by atoms with Gasteiger partial charge >= 0.3 is 0 Å². The van der Waals surface area contributed by atoms with Crippen molar-refractivity contribution < 1.29 is 9.83 Å². The zero-order valence-corrected chi connectivity index (χ0v) is 14.1. The number of nitrogens with one attached hydrogen (secondary N) is 3. The summed E-state index contributed by atoms with van der Waals surface area (Å²) in [5.41, 5.74) is 6.92. The summed E-state index contributed by atoms with van der Waals surface area (Å²) in [4.78, 5) is 30.0. The van der Waals surface area contributed by atoms with Crippen LogP contribution in [0.4, 0.5) is 5.69 Å². The number of carbonyl (C=O) groups is 1. The van der Waals surface area contributed by atoms with E-state index in [1.807, 2.05) is 6.07 Å². The van der Waals surface area contributed by atoms with Gasteiger partial charge < -0.3 is 21.4 Å². The molecule has 0 aliphatic heterocycles. The number of nitrogens with two attached hydrogens (primary N) is 1. The van der Waals surface area contributed by atoms with Crippen LogP contribution in [0, 0.1) is 22.0 Å². The molecular formula is C16H21N7O3. The molecule has 2 aromatic rings. The molecule has 0 bridgehead atoms. The molecule has 1 aliphatic rings. The van der Waals surface area contributed by atoms with Gasteiger partial charge in [-0.05, 0) is 43.7 Å². The monoisotopic (exact) mass is 359 g/mol. The summed E-state index contributed by atoms with van der Waals surface area (Å²) in [5, 5.41) is 19.1. The third kappa shape index (κ3) is 4.26. The molecule has 0 atom stereocenters. The Balaban J connectivity index is 1.49. The lowest BCUT2D eigenvalue weighted by Crippen LogP contribution is -2.38. The Morgan fingerprint density at radius 1 is 1.38 bits per heavy atom. The van der Waals surface area contributed by atoms with Crippen molar-refractivity contribution in [2.75, 3.05) is 11.9 Å². The maximum Gasteiger partial charge on any atom is 0.266 e. The van der Waals surface area contributed by atoms with Crippen molar-refractivity contribution in [3.8, 4) is 0 Å². The summed E-state index contributed by atoms with van der Waals surface area (Å²) >= 11 is 0. The van der Waals surface area contributed by atoms with Gasteiger partial charge in [0.1, 0.15) is 10.7 Å². The number of amides is 1. The highest BCUT2D eigenvalue weighted by atomic mass is 16.7. The van der Waals surface area contributed by atoms with Crippen LogP contribution >= 0.6 is 0 Å². The van der Waals surface area contributed by atoms with E-state index in [-0.39, 0.29) is 17.8 Å². The minimum Gasteiger partial charge on any atom is -0.365 e. The van der Waals surface area contributed by atoms with Gasteiger partial charge in [0.25, 0.3) is 5.96 Å². The summed E-state index contributed by atoms with van der Waals surface area (Å²) in [6.45, 7) is 0.520. The van der Waals surface area contributed by atoms with E-state index in [0.29, 0.717) is 12.5 Å². The maximum absolute atomic E-state index is 12.6. The number of aromatic amines is 1. The molecule has 1 aliphatic carbocycles. The fraction of sp³-hybridized carbons (Fsp3) is 0.438. The number of carbonyl (C=O) groups excluding carboxylic acids is 1. The van der Waals surface area contributed by atoms with Crippen LogP contribution in [0.15, 0.2) is 29.6 Å². The number of fused-ring (bicyclic) bond motifs is 1. The average Bonchev–Trinajstić information content (AvgIpc) is 3.09. The first-order valence-corrected chi connectivity index (χ1v) is 8.48. The minimum absolute atomic E-state index is 0.0135. The van der Waals surface area contributed by atoms with Crippen LogP contribution in [0.5, 0.6) is 0 Å². The quantitative estimate of drug-likeness (QED) is 0.274. The van der Waals surface area contributed by atoms with E-state index in [9.17, 15) is 14.9 Å². The van der Waals surface area contributed by atoms with E-state index in [2.05, 4.69) is 25.7 Å². The Morgan fingerprint density at radius 3 is 2.88 bits per heavy atom. The number of guanidine groups is 1. The predicted molar refractivity (Wildman–Crippen MR) is 96.8 cm³/mol. The van der Waals surface area contributed by atoms with Gasteiger partial charge in [-0.3, -0.25) is 4.79 Å². The molecule has 2 aromatic heterocycles. The van der Waals surface area contributed by atoms with Crippen LogP contribution in [0.2, 0.25) is 0 Å². The van der Waals surface area contributed by atoms with Crippen LogP contribution < -0.4 is 16.4 Å². The van der Waals surface area contributed by atoms with E-state index in [1.54, 1.807) is 18.5 Å². The van der Waals surface area contributed by atoms with E-state index in [4.69, 9.17) is 5.73 Å². The lowest BCUT2D eigenvalue weighted by Gasteiger charge is -2.27. The van der Waals surface area contributed by atoms with Gasteiger partial charge in [-0.1, -0.05) is 0 Å². The number of anilines is 1. The van der Waals surface area contributed by atoms with E-state index >= 15 is 0 Å². The van der Waals surface area contributed by atoms with Crippen molar-refractivity contribution in [1.82, 2.24) is 15.3 Å². The van der Waals surface area contributed by atoms with Crippen molar-refractivity contribution in [2.45, 2.75) is 25.7 Å². The van der Waals surface area contributed by atoms with Crippen LogP contribution in [0.3, 0.4) is 0 Å². The molecule has 0 unspecified atom stereocenters. The zero-order chi connectivity index (χ0) is 18.5. The lowest BCUT2D eigenvalue weighted by atomic mass is 9.81. The molecule has 26 heavy (non-hydrogen) atoms. The molecule has 10 heteroatoms. The van der Waals surface area contributed by atoms with Gasteiger partial charge in [0.05, 0.1) is 5.69 Å². The highest BCUT2D eigenvalue weighted by Crippen LogP contribution is 2.30. The summed E-state index contributed by atoms with van der Waals surface area (Å²) in [5.74, 6) is 0.0951. The molecule has 138 valence electrons. The maximum atomic E-state index is 12.6. The molecule has 3 rings (SSSR count). The van der Waals surface area contributed by atoms with E-state index in [0.717, 1.165) is 42.4 Å². The van der Waals surface area contributed by atoms with Crippen LogP contribution in [0.1, 0.15) is 25.7 Å². The third-order valence-electron chi connectivity index (χ3n) is 4.70. The Bertz CT molecular complexity index is 824. The van der Waals surface area contributed by atoms with Crippen molar-refractivity contribution in [1.29, 1.82) is 0 Å². The van der Waals surface area contributed by atoms with Gasteiger partial charge in [-0.15, -0.1) is 0 Å². The minimum atomic E-state index is -0.829. The average molecular weight is 359 g/mol. The highest BCUT2D eigenvalue weighted by Gasteiger charge is 2.26. The number of rotatable bonds is 5. The van der Waals surface area contributed by atoms with Crippen LogP contribution in [-0.2, 0) is 4.79 Å². The smallest absolute Gasteiger partial charge is 0.266 e. The first-order valence-electron chi connectivity index (χ1n) is 8.48. The molecular weight excluding hydrogens is 338 g/mol. The Hall–Kier alpha value is -3.17. The number of nitrogens with zero attached hydrogens (tertiary/aromatic N) is 3. The molecule has 5 N–H and O–H groups in total. The molecule has 1 amide bonds. The standard InChI is InChI=1S/C16H21N7O3/c17-16(22-23(25)26)20-9-10-1-3-11(4-2-10)15(24)21-13-6-8-19-14-12(13)5-7-18-14/h5-8,10-11H,1-4,9H2,(H3,17,20,22)(H2,18,19,21,24)/t10-,11-. The van der Waals surface area contributed by atoms with E-state index in [1.165, 1.54) is 0 Å². The van der Waals surface area contributed by atoms with Gasteiger partial charge in [0.15, 0.2) is 5.03 Å². The fourth-order valence-corrected chi connectivity index (χ4v) is 3.31. The number of hydrogen-bond donors (Lipinski definition) is 4. The number of aromatic nitrogens is 2. The van der Waals surface area contributed by atoms with Crippen LogP contribution in [0.25, 0.3) is 11.0 Å². The van der Waals surface area contributed by atoms with Gasteiger partial charge in [-0.25, -0.2) is 15.1 Å². The third-order valence-corrected chi connectivity index (χ3v) is 4.70. The summed E-state index contributed by atoms with van der Waals surface area (Å²) in [6.07, 6.45) is 6.70. The molecule has 2 heterocycles. The Labute approximate surface area is 149 Å². The normalized spacial score (nSPS) is 20.7. The molecule has 0 radical (unpaired) electrons. The first-order chi connectivity index (χ1) is 12.5. The van der Waals surface area contributed by atoms with Crippen molar-refractivity contribution >= 4 is 28.6 Å². The molecule has 0 aromatic carbocycles. The van der Waals surface area contributed by atoms with Gasteiger partial charge in [-0.2, -0.15) is 0 Å². The highest BCUT2D eigenvalue weighted by molar-refractivity contribution is 6.00. The number of hydrogen-bond acceptors (Lipinski definition) is 4. The lowest BCUT2D eigenvalue weighted by molar-refractivity contribution is -0.485. The largest absolute Gasteiger partial charge is 0.365 e. The van der Waals surface area contributed by atoms with Gasteiger partial charge in [0.2, 0.25) is 5.91 Å². The Morgan fingerprint density at radius 2 is 2.15 bits per heavy atom. The second-order valence-corrected chi connectivity index (χ2v) is 6.41. The van der Waals surface area contributed by atoms with E-state index < -0.39 is 5.03 Å². The molecule has 10 nitrogen and oxygen atoms in total. The number of pyridine rings is 1. The molecule has 0 spiro atoms. The number of H-pyrrole nitrogens is 1. The topological polar surface area (TPSA) is 151 Å². The van der Waals surface area contributed by atoms with Gasteiger partial charge in [0, 0.05) is 30.2 Å². The summed E-state index contributed by atoms with van der Waals surface area (Å²) in [7, 11) is 0. The van der Waals surface area contributed by atoms with Crippen LogP contribution in [-0.4, -0.2) is 33.4 Å². The zero-order valence-electron chi connectivity index (χ0n) is 14.1.